The van der Waals surface area contributed by atoms with E-state index >= 15 is 0 Å². The van der Waals surface area contributed by atoms with Gasteiger partial charge in [0.1, 0.15) is 12.4 Å². The largest absolute Gasteiger partial charge is 0.405 e. The maximum atomic E-state index is 13.1. The lowest BCUT2D eigenvalue weighted by Gasteiger charge is -2.12. The molecule has 0 aliphatic carbocycles. The molecule has 0 aliphatic rings. The van der Waals surface area contributed by atoms with Crippen LogP contribution in [0.2, 0.25) is 0 Å². The average molecular weight is 420 g/mol. The number of halogens is 4. The Bertz CT molecular complexity index is 1080. The van der Waals surface area contributed by atoms with Crippen molar-refractivity contribution in [2.45, 2.75) is 13.1 Å². The lowest BCUT2D eigenvalue weighted by Crippen LogP contribution is -2.34. The van der Waals surface area contributed by atoms with E-state index in [0.29, 0.717) is 11.4 Å². The number of rotatable bonds is 5. The van der Waals surface area contributed by atoms with Crippen LogP contribution in [-0.4, -0.2) is 34.3 Å². The number of carbonyl (C=O) groups is 2. The first kappa shape index (κ1) is 21.0. The number of benzene rings is 2. The van der Waals surface area contributed by atoms with Crippen LogP contribution >= 0.6 is 0 Å². The second-order valence-electron chi connectivity index (χ2n) is 6.33. The van der Waals surface area contributed by atoms with Gasteiger partial charge in [0, 0.05) is 0 Å². The zero-order valence-electron chi connectivity index (χ0n) is 15.6. The molecule has 0 saturated heterocycles. The summed E-state index contributed by atoms with van der Waals surface area (Å²) in [5, 5.41) is 8.42. The van der Waals surface area contributed by atoms with Crippen LogP contribution in [-0.2, 0) is 0 Å². The third-order valence-corrected chi connectivity index (χ3v) is 4.19. The molecule has 1 heterocycles. The smallest absolute Gasteiger partial charge is 0.343 e. The summed E-state index contributed by atoms with van der Waals surface area (Å²) in [6.45, 7) is 0.144. The minimum absolute atomic E-state index is 0.0520. The van der Waals surface area contributed by atoms with Gasteiger partial charge in [-0.3, -0.25) is 9.59 Å². The number of nitrogens with one attached hydrogen (secondary N) is 2. The highest BCUT2D eigenvalue weighted by Gasteiger charge is 2.28. The fraction of sp³-hybridized carbons (Fsp3) is 0.150. The molecule has 0 atom stereocenters. The molecule has 2 aromatic carbocycles. The van der Waals surface area contributed by atoms with E-state index in [1.165, 1.54) is 59.4 Å². The summed E-state index contributed by atoms with van der Waals surface area (Å²) in [6, 6.07) is 11.2. The molecule has 0 spiro atoms. The first-order valence-corrected chi connectivity index (χ1v) is 8.71. The monoisotopic (exact) mass is 420 g/mol. The molecule has 10 heteroatoms. The van der Waals surface area contributed by atoms with E-state index in [2.05, 4.69) is 10.4 Å². The van der Waals surface area contributed by atoms with Crippen LogP contribution in [0.5, 0.6) is 0 Å². The maximum absolute atomic E-state index is 13.1. The molecule has 3 aromatic rings. The zero-order valence-corrected chi connectivity index (χ0v) is 15.6. The van der Waals surface area contributed by atoms with E-state index in [1.807, 2.05) is 0 Å². The molecule has 0 saturated carbocycles. The molecule has 3 rings (SSSR count). The number of hydrogen-bond donors (Lipinski definition) is 2. The number of aromatic nitrogens is 2. The number of hydrogen-bond acceptors (Lipinski definition) is 3. The molecule has 0 radical (unpaired) electrons. The van der Waals surface area contributed by atoms with E-state index in [9.17, 15) is 27.2 Å². The quantitative estimate of drug-likeness (QED) is 0.616. The molecule has 6 nitrogen and oxygen atoms in total. The van der Waals surface area contributed by atoms with Crippen LogP contribution < -0.4 is 10.6 Å². The molecule has 0 bridgehead atoms. The van der Waals surface area contributed by atoms with Crippen molar-refractivity contribution in [3.8, 4) is 5.69 Å². The molecule has 0 unspecified atom stereocenters. The summed E-state index contributed by atoms with van der Waals surface area (Å²) in [5.74, 6) is -1.99. The molecule has 30 heavy (non-hydrogen) atoms. The Morgan fingerprint density at radius 2 is 1.67 bits per heavy atom. The molecule has 156 valence electrons. The van der Waals surface area contributed by atoms with E-state index in [4.69, 9.17) is 0 Å². The van der Waals surface area contributed by atoms with Crippen LogP contribution in [0.15, 0.2) is 54.7 Å². The van der Waals surface area contributed by atoms with Crippen molar-refractivity contribution in [2.24, 2.45) is 0 Å². The van der Waals surface area contributed by atoms with Gasteiger partial charge < -0.3 is 10.6 Å². The maximum Gasteiger partial charge on any atom is 0.405 e. The Morgan fingerprint density at radius 1 is 1.00 bits per heavy atom. The average Bonchev–Trinajstić information content (AvgIpc) is 3.08. The van der Waals surface area contributed by atoms with Crippen molar-refractivity contribution in [2.75, 3.05) is 11.9 Å². The summed E-state index contributed by atoms with van der Waals surface area (Å²) in [5.41, 5.74) is 1.12. The van der Waals surface area contributed by atoms with Gasteiger partial charge in [0.05, 0.1) is 34.4 Å². The van der Waals surface area contributed by atoms with E-state index in [1.54, 1.807) is 12.2 Å². The lowest BCUT2D eigenvalue weighted by atomic mass is 10.1. The van der Waals surface area contributed by atoms with Gasteiger partial charge in [-0.15, -0.1) is 0 Å². The molecule has 2 amide bonds. The zero-order chi connectivity index (χ0) is 21.9. The van der Waals surface area contributed by atoms with Crippen molar-refractivity contribution < 1.29 is 27.2 Å². The fourth-order valence-corrected chi connectivity index (χ4v) is 2.73. The molecular weight excluding hydrogens is 404 g/mol. The van der Waals surface area contributed by atoms with Gasteiger partial charge in [0.25, 0.3) is 11.8 Å². The van der Waals surface area contributed by atoms with Crippen molar-refractivity contribution >= 4 is 17.5 Å². The van der Waals surface area contributed by atoms with Gasteiger partial charge in [-0.25, -0.2) is 9.07 Å². The van der Waals surface area contributed by atoms with E-state index in [0.717, 1.165) is 0 Å². The summed E-state index contributed by atoms with van der Waals surface area (Å²) >= 11 is 0. The highest BCUT2D eigenvalue weighted by atomic mass is 19.4. The SMILES string of the molecule is Cc1c(C(=O)Nc2ccccc2C(=O)NCC(F)(F)F)cnn1-c1ccc(F)cc1. The predicted octanol–water partition coefficient (Wildman–Crippen LogP) is 3.86. The lowest BCUT2D eigenvalue weighted by molar-refractivity contribution is -0.123. The topological polar surface area (TPSA) is 76.0 Å². The number of nitrogens with zero attached hydrogens (tertiary/aromatic N) is 2. The third-order valence-electron chi connectivity index (χ3n) is 4.19. The minimum Gasteiger partial charge on any atom is -0.343 e. The van der Waals surface area contributed by atoms with Gasteiger partial charge in [-0.2, -0.15) is 18.3 Å². The van der Waals surface area contributed by atoms with E-state index < -0.39 is 30.4 Å². The fourth-order valence-electron chi connectivity index (χ4n) is 2.73. The molecule has 0 aliphatic heterocycles. The van der Waals surface area contributed by atoms with Crippen LogP contribution in [0.4, 0.5) is 23.2 Å². The van der Waals surface area contributed by atoms with Gasteiger partial charge in [-0.05, 0) is 43.3 Å². The Hall–Kier alpha value is -3.69. The van der Waals surface area contributed by atoms with Crippen LogP contribution in [0.1, 0.15) is 26.4 Å². The van der Waals surface area contributed by atoms with Crippen molar-refractivity contribution in [1.82, 2.24) is 15.1 Å². The summed E-state index contributed by atoms with van der Waals surface area (Å²) < 4.78 is 51.6. The second-order valence-corrected chi connectivity index (χ2v) is 6.33. The standard InChI is InChI=1S/C20H16F4N4O2/c1-12-16(10-26-28(12)14-8-6-13(21)7-9-14)19(30)27-17-5-3-2-4-15(17)18(29)25-11-20(22,23)24/h2-10H,11H2,1H3,(H,25,29)(H,27,30). The third kappa shape index (κ3) is 4.83. The number of anilines is 1. The van der Waals surface area contributed by atoms with Gasteiger partial charge in [0.15, 0.2) is 0 Å². The molecular formula is C20H16F4N4O2. The Balaban J connectivity index is 1.80. The molecule has 0 fully saturated rings. The minimum atomic E-state index is -4.56. The van der Waals surface area contributed by atoms with Gasteiger partial charge in [-0.1, -0.05) is 12.1 Å². The van der Waals surface area contributed by atoms with E-state index in [-0.39, 0.29) is 16.8 Å². The van der Waals surface area contributed by atoms with Gasteiger partial charge >= 0.3 is 6.18 Å². The first-order valence-electron chi connectivity index (χ1n) is 8.71. The summed E-state index contributed by atoms with van der Waals surface area (Å²) in [4.78, 5) is 24.8. The Kier molecular flexibility index (Phi) is 5.86. The highest BCUT2D eigenvalue weighted by Crippen LogP contribution is 2.20. The van der Waals surface area contributed by atoms with Crippen molar-refractivity contribution in [3.63, 3.8) is 0 Å². The van der Waals surface area contributed by atoms with Crippen molar-refractivity contribution in [3.05, 3.63) is 77.4 Å². The second kappa shape index (κ2) is 8.36. The van der Waals surface area contributed by atoms with Crippen LogP contribution in [0.25, 0.3) is 5.69 Å². The van der Waals surface area contributed by atoms with Crippen LogP contribution in [0.3, 0.4) is 0 Å². The van der Waals surface area contributed by atoms with Gasteiger partial charge in [0.2, 0.25) is 0 Å². The van der Waals surface area contributed by atoms with Crippen LogP contribution in [0, 0.1) is 12.7 Å². The number of amides is 2. The summed E-state index contributed by atoms with van der Waals surface area (Å²) in [6.07, 6.45) is -3.25. The highest BCUT2D eigenvalue weighted by molar-refractivity contribution is 6.09. The number of para-hydroxylation sites is 1. The molecule has 1 aromatic heterocycles. The first-order chi connectivity index (χ1) is 14.2. The molecule has 2 N–H and O–H groups in total. The predicted molar refractivity (Wildman–Crippen MR) is 101 cm³/mol. The normalized spacial score (nSPS) is 11.2. The summed E-state index contributed by atoms with van der Waals surface area (Å²) in [7, 11) is 0. The number of carbonyl (C=O) groups excluding carboxylic acids is 2. The Labute approximate surface area is 168 Å². The Morgan fingerprint density at radius 3 is 2.33 bits per heavy atom. The number of alkyl halides is 3. The van der Waals surface area contributed by atoms with Crippen molar-refractivity contribution in [1.29, 1.82) is 0 Å².